The SMILES string of the molecule is CNCCOCCOCCCNC(=O)OCC1c2ccccc2-c2ccccc21. The predicted molar refractivity (Wildman–Crippen MR) is 113 cm³/mol. The molecule has 0 bridgehead atoms. The van der Waals surface area contributed by atoms with Crippen LogP contribution in [0.5, 0.6) is 0 Å². The Kier molecular flexibility index (Phi) is 8.49. The normalized spacial score (nSPS) is 12.4. The molecule has 0 spiro atoms. The number of ether oxygens (including phenoxy) is 3. The number of likely N-dealkylation sites (N-methyl/N-ethyl adjacent to an activating group) is 1. The molecular formula is C23H30N2O4. The van der Waals surface area contributed by atoms with Gasteiger partial charge in [0.15, 0.2) is 0 Å². The van der Waals surface area contributed by atoms with E-state index in [0.29, 0.717) is 39.6 Å². The van der Waals surface area contributed by atoms with Crippen LogP contribution < -0.4 is 10.6 Å². The second-order valence-electron chi connectivity index (χ2n) is 6.93. The fourth-order valence-corrected chi connectivity index (χ4v) is 3.51. The number of fused-ring (bicyclic) bond motifs is 3. The minimum absolute atomic E-state index is 0.0828. The summed E-state index contributed by atoms with van der Waals surface area (Å²) < 4.78 is 16.4. The largest absolute Gasteiger partial charge is 0.449 e. The van der Waals surface area contributed by atoms with Gasteiger partial charge in [-0.3, -0.25) is 0 Å². The number of carbonyl (C=O) groups excluding carboxylic acids is 1. The fraction of sp³-hybridized carbons (Fsp3) is 0.435. The van der Waals surface area contributed by atoms with E-state index >= 15 is 0 Å². The topological polar surface area (TPSA) is 68.8 Å². The second kappa shape index (κ2) is 11.6. The van der Waals surface area contributed by atoms with Gasteiger partial charge in [0, 0.05) is 25.6 Å². The molecule has 29 heavy (non-hydrogen) atoms. The van der Waals surface area contributed by atoms with Crippen molar-refractivity contribution in [1.29, 1.82) is 0 Å². The lowest BCUT2D eigenvalue weighted by molar-refractivity contribution is 0.0483. The van der Waals surface area contributed by atoms with Gasteiger partial charge in [-0.15, -0.1) is 0 Å². The first-order valence-corrected chi connectivity index (χ1v) is 10.2. The minimum atomic E-state index is -0.387. The van der Waals surface area contributed by atoms with Crippen LogP contribution in [0.4, 0.5) is 4.79 Å². The van der Waals surface area contributed by atoms with Crippen LogP contribution in [0.1, 0.15) is 23.5 Å². The monoisotopic (exact) mass is 398 g/mol. The average molecular weight is 399 g/mol. The van der Waals surface area contributed by atoms with Crippen LogP contribution in [0.3, 0.4) is 0 Å². The third-order valence-corrected chi connectivity index (χ3v) is 4.95. The molecule has 0 radical (unpaired) electrons. The molecule has 1 aliphatic rings. The molecule has 0 saturated carbocycles. The molecule has 0 unspecified atom stereocenters. The number of hydrogen-bond acceptors (Lipinski definition) is 5. The first kappa shape index (κ1) is 21.3. The van der Waals surface area contributed by atoms with Crippen molar-refractivity contribution in [3.63, 3.8) is 0 Å². The van der Waals surface area contributed by atoms with Crippen LogP contribution in [0.25, 0.3) is 11.1 Å². The van der Waals surface area contributed by atoms with Crippen LogP contribution in [0.15, 0.2) is 48.5 Å². The van der Waals surface area contributed by atoms with E-state index in [4.69, 9.17) is 14.2 Å². The number of hydrogen-bond donors (Lipinski definition) is 2. The zero-order valence-electron chi connectivity index (χ0n) is 17.0. The first-order chi connectivity index (χ1) is 14.3. The Hall–Kier alpha value is -2.41. The summed E-state index contributed by atoms with van der Waals surface area (Å²) in [7, 11) is 1.89. The maximum Gasteiger partial charge on any atom is 0.407 e. The van der Waals surface area contributed by atoms with Crippen molar-refractivity contribution < 1.29 is 19.0 Å². The van der Waals surface area contributed by atoms with E-state index in [2.05, 4.69) is 34.9 Å². The van der Waals surface area contributed by atoms with Gasteiger partial charge in [-0.25, -0.2) is 4.79 Å². The Bertz CT molecular complexity index is 735. The number of carbonyl (C=O) groups is 1. The van der Waals surface area contributed by atoms with E-state index in [-0.39, 0.29) is 12.0 Å². The minimum Gasteiger partial charge on any atom is -0.449 e. The predicted octanol–water partition coefficient (Wildman–Crippen LogP) is 3.17. The van der Waals surface area contributed by atoms with Crippen LogP contribution in [-0.4, -0.2) is 59.3 Å². The Labute approximate surface area is 172 Å². The molecule has 2 aromatic carbocycles. The highest BCUT2D eigenvalue weighted by Gasteiger charge is 2.28. The van der Waals surface area contributed by atoms with E-state index in [1.807, 2.05) is 31.3 Å². The summed E-state index contributed by atoms with van der Waals surface area (Å²) in [5.41, 5.74) is 4.88. The van der Waals surface area contributed by atoms with E-state index in [9.17, 15) is 4.79 Å². The smallest absolute Gasteiger partial charge is 0.407 e. The van der Waals surface area contributed by atoms with E-state index in [1.165, 1.54) is 22.3 Å². The van der Waals surface area contributed by atoms with Crippen molar-refractivity contribution in [2.24, 2.45) is 0 Å². The van der Waals surface area contributed by atoms with Crippen LogP contribution in [-0.2, 0) is 14.2 Å². The lowest BCUT2D eigenvalue weighted by Crippen LogP contribution is -2.27. The maximum absolute atomic E-state index is 12.1. The van der Waals surface area contributed by atoms with Gasteiger partial charge in [-0.2, -0.15) is 0 Å². The van der Waals surface area contributed by atoms with Gasteiger partial charge in [-0.05, 0) is 35.7 Å². The van der Waals surface area contributed by atoms with E-state index in [1.54, 1.807) is 0 Å². The lowest BCUT2D eigenvalue weighted by Gasteiger charge is -2.14. The quantitative estimate of drug-likeness (QED) is 0.538. The molecule has 0 heterocycles. The zero-order chi connectivity index (χ0) is 20.3. The molecule has 2 N–H and O–H groups in total. The first-order valence-electron chi connectivity index (χ1n) is 10.2. The van der Waals surface area contributed by atoms with Crippen LogP contribution in [0.2, 0.25) is 0 Å². The number of amides is 1. The average Bonchev–Trinajstić information content (AvgIpc) is 3.07. The standard InChI is InChI=1S/C23H30N2O4/c1-24-12-14-28-16-15-27-13-6-11-25-23(26)29-17-22-20-9-4-2-7-18(20)19-8-3-5-10-21(19)22/h2-5,7-10,22,24H,6,11-17H2,1H3,(H,25,26). The van der Waals surface area contributed by atoms with Gasteiger partial charge in [-0.1, -0.05) is 48.5 Å². The van der Waals surface area contributed by atoms with E-state index < -0.39 is 0 Å². The highest BCUT2D eigenvalue weighted by Crippen LogP contribution is 2.44. The van der Waals surface area contributed by atoms with Crippen molar-refractivity contribution in [1.82, 2.24) is 10.6 Å². The number of nitrogens with one attached hydrogen (secondary N) is 2. The maximum atomic E-state index is 12.1. The Morgan fingerprint density at radius 3 is 2.14 bits per heavy atom. The van der Waals surface area contributed by atoms with Crippen molar-refractivity contribution >= 4 is 6.09 Å². The van der Waals surface area contributed by atoms with Gasteiger partial charge in [0.1, 0.15) is 6.61 Å². The third-order valence-electron chi connectivity index (χ3n) is 4.95. The van der Waals surface area contributed by atoms with Gasteiger partial charge >= 0.3 is 6.09 Å². The number of rotatable bonds is 12. The summed E-state index contributed by atoms with van der Waals surface area (Å²) in [5, 5.41) is 5.81. The molecule has 156 valence electrons. The third kappa shape index (κ3) is 6.03. The molecule has 0 fully saturated rings. The Morgan fingerprint density at radius 1 is 0.862 bits per heavy atom. The fourth-order valence-electron chi connectivity index (χ4n) is 3.51. The lowest BCUT2D eigenvalue weighted by atomic mass is 9.98. The molecule has 0 saturated heterocycles. The van der Waals surface area contributed by atoms with E-state index in [0.717, 1.165) is 13.0 Å². The zero-order valence-corrected chi connectivity index (χ0v) is 17.0. The Morgan fingerprint density at radius 2 is 1.48 bits per heavy atom. The molecule has 1 amide bonds. The molecule has 3 rings (SSSR count). The summed E-state index contributed by atoms with van der Waals surface area (Å²) in [6.45, 7) is 4.11. The molecular weight excluding hydrogens is 368 g/mol. The van der Waals surface area contributed by atoms with Gasteiger partial charge in [0.25, 0.3) is 0 Å². The van der Waals surface area contributed by atoms with Crippen molar-refractivity contribution in [3.05, 3.63) is 59.7 Å². The number of alkyl carbamates (subject to hydrolysis) is 1. The molecule has 0 aromatic heterocycles. The van der Waals surface area contributed by atoms with Crippen LogP contribution >= 0.6 is 0 Å². The van der Waals surface area contributed by atoms with Gasteiger partial charge in [0.2, 0.25) is 0 Å². The molecule has 6 nitrogen and oxygen atoms in total. The highest BCUT2D eigenvalue weighted by atomic mass is 16.5. The molecule has 0 atom stereocenters. The van der Waals surface area contributed by atoms with Gasteiger partial charge < -0.3 is 24.8 Å². The number of benzene rings is 2. The van der Waals surface area contributed by atoms with Gasteiger partial charge in [0.05, 0.1) is 19.8 Å². The molecule has 0 aliphatic heterocycles. The highest BCUT2D eigenvalue weighted by molar-refractivity contribution is 5.79. The summed E-state index contributed by atoms with van der Waals surface area (Å²) in [6.07, 6.45) is 0.350. The Balaban J connectivity index is 1.33. The summed E-state index contributed by atoms with van der Waals surface area (Å²) in [6, 6.07) is 16.6. The van der Waals surface area contributed by atoms with Crippen molar-refractivity contribution in [3.8, 4) is 11.1 Å². The second-order valence-corrected chi connectivity index (χ2v) is 6.93. The summed E-state index contributed by atoms with van der Waals surface area (Å²) >= 11 is 0. The van der Waals surface area contributed by atoms with Crippen molar-refractivity contribution in [2.75, 3.05) is 53.2 Å². The molecule has 6 heteroatoms. The molecule has 2 aromatic rings. The summed E-state index contributed by atoms with van der Waals surface area (Å²) in [5.74, 6) is 0.0828. The van der Waals surface area contributed by atoms with Crippen molar-refractivity contribution in [2.45, 2.75) is 12.3 Å². The molecule has 1 aliphatic carbocycles. The van der Waals surface area contributed by atoms with Crippen LogP contribution in [0, 0.1) is 0 Å². The summed E-state index contributed by atoms with van der Waals surface area (Å²) in [4.78, 5) is 12.1.